The summed E-state index contributed by atoms with van der Waals surface area (Å²) in [4.78, 5) is 51.6. The summed E-state index contributed by atoms with van der Waals surface area (Å²) in [5, 5.41) is 17.2. The fraction of sp³-hybridized carbons (Fsp3) is 0.167. The number of hydrogen-bond acceptors (Lipinski definition) is 5. The van der Waals surface area contributed by atoms with E-state index in [4.69, 9.17) is 0 Å². The molecule has 1 atom stereocenters. The zero-order chi connectivity index (χ0) is 32.3. The SMILES string of the molecule is CCC(Sc1cccc(NC(=O)/C(=C\c2ccc(C(C)C)cc2)NC(=O)c2ccccc2)c1)C(=O)Nc1cccc(C(=O)O)c1. The minimum absolute atomic E-state index is 0.0774. The number of carboxylic acids is 1. The van der Waals surface area contributed by atoms with Crippen molar-refractivity contribution in [1.29, 1.82) is 0 Å². The van der Waals surface area contributed by atoms with Gasteiger partial charge in [0.15, 0.2) is 0 Å². The first kappa shape index (κ1) is 32.8. The van der Waals surface area contributed by atoms with Crippen molar-refractivity contribution in [2.45, 2.75) is 43.3 Å². The minimum Gasteiger partial charge on any atom is -0.478 e. The molecule has 8 nitrogen and oxygen atoms in total. The molecule has 0 bridgehead atoms. The Kier molecular flexibility index (Phi) is 11.3. The van der Waals surface area contributed by atoms with Crippen molar-refractivity contribution < 1.29 is 24.3 Å². The topological polar surface area (TPSA) is 125 Å². The van der Waals surface area contributed by atoms with Crippen LogP contribution in [0.4, 0.5) is 11.4 Å². The van der Waals surface area contributed by atoms with Gasteiger partial charge in [0.1, 0.15) is 5.70 Å². The van der Waals surface area contributed by atoms with Gasteiger partial charge < -0.3 is 21.1 Å². The van der Waals surface area contributed by atoms with Crippen LogP contribution in [0, 0.1) is 0 Å². The van der Waals surface area contributed by atoms with E-state index in [-0.39, 0.29) is 17.2 Å². The molecule has 0 aliphatic heterocycles. The van der Waals surface area contributed by atoms with Gasteiger partial charge in [0.05, 0.1) is 10.8 Å². The molecule has 0 radical (unpaired) electrons. The van der Waals surface area contributed by atoms with Crippen LogP contribution < -0.4 is 16.0 Å². The van der Waals surface area contributed by atoms with Gasteiger partial charge in [0.2, 0.25) is 5.91 Å². The molecule has 4 aromatic carbocycles. The van der Waals surface area contributed by atoms with Crippen molar-refractivity contribution in [3.8, 4) is 0 Å². The third-order valence-corrected chi connectivity index (χ3v) is 8.21. The van der Waals surface area contributed by atoms with E-state index in [0.29, 0.717) is 29.3 Å². The van der Waals surface area contributed by atoms with Crippen molar-refractivity contribution in [2.24, 2.45) is 0 Å². The van der Waals surface area contributed by atoms with Crippen LogP contribution in [0.1, 0.15) is 65.0 Å². The van der Waals surface area contributed by atoms with Gasteiger partial charge in [-0.15, -0.1) is 11.8 Å². The third-order valence-electron chi connectivity index (χ3n) is 6.85. The predicted octanol–water partition coefficient (Wildman–Crippen LogP) is 7.43. The highest BCUT2D eigenvalue weighted by Crippen LogP contribution is 2.29. The maximum Gasteiger partial charge on any atom is 0.335 e. The lowest BCUT2D eigenvalue weighted by molar-refractivity contribution is -0.116. The van der Waals surface area contributed by atoms with Gasteiger partial charge in [-0.3, -0.25) is 14.4 Å². The summed E-state index contributed by atoms with van der Waals surface area (Å²) in [6, 6.07) is 29.6. The van der Waals surface area contributed by atoms with E-state index in [0.717, 1.165) is 16.0 Å². The van der Waals surface area contributed by atoms with E-state index >= 15 is 0 Å². The Morgan fingerprint density at radius 1 is 0.778 bits per heavy atom. The number of rotatable bonds is 12. The van der Waals surface area contributed by atoms with Gasteiger partial charge in [0.25, 0.3) is 11.8 Å². The summed E-state index contributed by atoms with van der Waals surface area (Å²) in [6.45, 7) is 6.09. The zero-order valence-corrected chi connectivity index (χ0v) is 26.1. The van der Waals surface area contributed by atoms with Crippen LogP contribution in [-0.4, -0.2) is 34.0 Å². The Bertz CT molecular complexity index is 1700. The number of hydrogen-bond donors (Lipinski definition) is 4. The van der Waals surface area contributed by atoms with Gasteiger partial charge in [-0.05, 0) is 78.1 Å². The van der Waals surface area contributed by atoms with Crippen molar-refractivity contribution in [1.82, 2.24) is 5.32 Å². The Labute approximate surface area is 267 Å². The molecule has 0 saturated heterocycles. The van der Waals surface area contributed by atoms with Crippen LogP contribution in [0.3, 0.4) is 0 Å². The average Bonchev–Trinajstić information content (AvgIpc) is 3.04. The van der Waals surface area contributed by atoms with E-state index in [2.05, 4.69) is 29.8 Å². The van der Waals surface area contributed by atoms with Crippen LogP contribution in [0.5, 0.6) is 0 Å². The summed E-state index contributed by atoms with van der Waals surface area (Å²) in [6.07, 6.45) is 2.15. The van der Waals surface area contributed by atoms with E-state index in [1.165, 1.54) is 23.9 Å². The highest BCUT2D eigenvalue weighted by Gasteiger charge is 2.20. The molecule has 230 valence electrons. The predicted molar refractivity (Wildman–Crippen MR) is 179 cm³/mol. The molecule has 1 unspecified atom stereocenters. The third kappa shape index (κ3) is 9.42. The summed E-state index contributed by atoms with van der Waals surface area (Å²) >= 11 is 1.33. The van der Waals surface area contributed by atoms with E-state index < -0.39 is 23.0 Å². The molecule has 0 aliphatic rings. The Morgan fingerprint density at radius 3 is 2.07 bits per heavy atom. The lowest BCUT2D eigenvalue weighted by Gasteiger charge is -2.16. The van der Waals surface area contributed by atoms with Gasteiger partial charge in [-0.25, -0.2) is 4.79 Å². The molecule has 4 aromatic rings. The van der Waals surface area contributed by atoms with E-state index in [9.17, 15) is 24.3 Å². The van der Waals surface area contributed by atoms with Crippen LogP contribution in [-0.2, 0) is 9.59 Å². The number of carbonyl (C=O) groups is 4. The van der Waals surface area contributed by atoms with Crippen molar-refractivity contribution in [2.75, 3.05) is 10.6 Å². The number of nitrogens with one attached hydrogen (secondary N) is 3. The molecule has 45 heavy (non-hydrogen) atoms. The molecule has 9 heteroatoms. The maximum absolute atomic E-state index is 13.5. The number of benzene rings is 4. The first-order valence-corrected chi connectivity index (χ1v) is 15.4. The van der Waals surface area contributed by atoms with Crippen molar-refractivity contribution in [3.05, 3.63) is 131 Å². The molecule has 0 aliphatic carbocycles. The second-order valence-electron chi connectivity index (χ2n) is 10.6. The smallest absolute Gasteiger partial charge is 0.335 e. The summed E-state index contributed by atoms with van der Waals surface area (Å²) in [5.74, 6) is -1.90. The molecule has 4 rings (SSSR count). The van der Waals surface area contributed by atoms with Crippen molar-refractivity contribution in [3.63, 3.8) is 0 Å². The monoisotopic (exact) mass is 621 g/mol. The van der Waals surface area contributed by atoms with Crippen molar-refractivity contribution >= 4 is 52.9 Å². The lowest BCUT2D eigenvalue weighted by Crippen LogP contribution is -2.30. The van der Waals surface area contributed by atoms with Gasteiger partial charge in [-0.1, -0.05) is 75.4 Å². The molecule has 0 saturated carbocycles. The van der Waals surface area contributed by atoms with Crippen LogP contribution in [0.2, 0.25) is 0 Å². The molecule has 4 N–H and O–H groups in total. The number of carbonyl (C=O) groups excluding carboxylic acids is 3. The number of carboxylic acid groups (broad SMARTS) is 1. The number of thioether (sulfide) groups is 1. The Morgan fingerprint density at radius 2 is 1.42 bits per heavy atom. The maximum atomic E-state index is 13.5. The molecule has 0 fully saturated rings. The first-order chi connectivity index (χ1) is 21.6. The number of amides is 3. The zero-order valence-electron chi connectivity index (χ0n) is 25.2. The molecular weight excluding hydrogens is 586 g/mol. The fourth-order valence-electron chi connectivity index (χ4n) is 4.37. The highest BCUT2D eigenvalue weighted by molar-refractivity contribution is 8.00. The summed E-state index contributed by atoms with van der Waals surface area (Å²) < 4.78 is 0. The Hall–Kier alpha value is -5.15. The Balaban J connectivity index is 1.50. The van der Waals surface area contributed by atoms with Gasteiger partial charge in [-0.2, -0.15) is 0 Å². The van der Waals surface area contributed by atoms with Gasteiger partial charge >= 0.3 is 5.97 Å². The van der Waals surface area contributed by atoms with Crippen LogP contribution >= 0.6 is 11.8 Å². The normalized spacial score (nSPS) is 11.9. The first-order valence-electron chi connectivity index (χ1n) is 14.5. The van der Waals surface area contributed by atoms with Crippen LogP contribution in [0.25, 0.3) is 6.08 Å². The van der Waals surface area contributed by atoms with E-state index in [1.54, 1.807) is 60.7 Å². The molecule has 0 aromatic heterocycles. The number of anilines is 2. The fourth-order valence-corrected chi connectivity index (χ4v) is 5.38. The summed E-state index contributed by atoms with van der Waals surface area (Å²) in [7, 11) is 0. The largest absolute Gasteiger partial charge is 0.478 e. The average molecular weight is 622 g/mol. The summed E-state index contributed by atoms with van der Waals surface area (Å²) in [5.41, 5.74) is 3.39. The molecule has 3 amide bonds. The molecule has 0 heterocycles. The quantitative estimate of drug-likeness (QED) is 0.0964. The van der Waals surface area contributed by atoms with Gasteiger partial charge in [0, 0.05) is 21.8 Å². The molecular formula is C36H35N3O5S. The van der Waals surface area contributed by atoms with Crippen LogP contribution in [0.15, 0.2) is 114 Å². The van der Waals surface area contributed by atoms with E-state index in [1.807, 2.05) is 43.3 Å². The standard InChI is InChI=1S/C36H35N3O5S/c1-4-32(35(42)38-28-13-8-12-27(21-28)36(43)44)45-30-15-9-14-29(22-30)37-34(41)31(39-33(40)26-10-6-5-7-11-26)20-24-16-18-25(19-17-24)23(2)3/h5-23,32H,4H2,1-3H3,(H,37,41)(H,38,42)(H,39,40)(H,43,44)/b31-20+. The second-order valence-corrected chi connectivity index (χ2v) is 11.8. The number of aromatic carboxylic acids is 1. The minimum atomic E-state index is -1.08. The molecule has 0 spiro atoms. The lowest BCUT2D eigenvalue weighted by atomic mass is 10.0. The highest BCUT2D eigenvalue weighted by atomic mass is 32.2. The second kappa shape index (κ2) is 15.5.